The molecule has 1 N–H and O–H groups in total. The highest BCUT2D eigenvalue weighted by molar-refractivity contribution is 5.97. The third kappa shape index (κ3) is 3.50. The lowest BCUT2D eigenvalue weighted by molar-refractivity contribution is -0.117. The summed E-state index contributed by atoms with van der Waals surface area (Å²) < 4.78 is 5.19. The zero-order chi connectivity index (χ0) is 16.1. The van der Waals surface area contributed by atoms with E-state index in [9.17, 15) is 9.59 Å². The number of amides is 3. The molecule has 22 heavy (non-hydrogen) atoms. The molecule has 0 saturated carbocycles. The number of anilines is 1. The zero-order valence-corrected chi connectivity index (χ0v) is 13.3. The van der Waals surface area contributed by atoms with Crippen molar-refractivity contribution in [2.45, 2.75) is 26.3 Å². The summed E-state index contributed by atoms with van der Waals surface area (Å²) in [5.41, 5.74) is 0.795. The van der Waals surface area contributed by atoms with Gasteiger partial charge in [0, 0.05) is 37.8 Å². The van der Waals surface area contributed by atoms with Crippen LogP contribution in [0.4, 0.5) is 10.5 Å². The molecule has 6 heteroatoms. The summed E-state index contributed by atoms with van der Waals surface area (Å²) in [6.07, 6.45) is 0.324. The molecule has 0 unspecified atom stereocenters. The van der Waals surface area contributed by atoms with Gasteiger partial charge in [0.05, 0.1) is 13.2 Å². The molecule has 120 valence electrons. The van der Waals surface area contributed by atoms with Crippen LogP contribution in [0.15, 0.2) is 24.3 Å². The van der Waals surface area contributed by atoms with Crippen molar-refractivity contribution >= 4 is 17.6 Å². The summed E-state index contributed by atoms with van der Waals surface area (Å²) >= 11 is 0. The van der Waals surface area contributed by atoms with Gasteiger partial charge in [-0.05, 0) is 26.0 Å². The Morgan fingerprint density at radius 1 is 1.41 bits per heavy atom. The van der Waals surface area contributed by atoms with Gasteiger partial charge in [0.1, 0.15) is 5.75 Å². The molecule has 0 spiro atoms. The largest absolute Gasteiger partial charge is 0.497 e. The Morgan fingerprint density at radius 2 is 2.14 bits per heavy atom. The van der Waals surface area contributed by atoms with Crippen molar-refractivity contribution in [3.63, 3.8) is 0 Å². The van der Waals surface area contributed by atoms with Gasteiger partial charge in [-0.25, -0.2) is 4.79 Å². The number of hydrogen-bond acceptors (Lipinski definition) is 3. The first-order chi connectivity index (χ1) is 10.6. The van der Waals surface area contributed by atoms with Crippen LogP contribution in [-0.2, 0) is 4.79 Å². The van der Waals surface area contributed by atoms with Gasteiger partial charge in [0.15, 0.2) is 0 Å². The second kappa shape index (κ2) is 7.15. The molecule has 0 bridgehead atoms. The van der Waals surface area contributed by atoms with Crippen LogP contribution in [0.3, 0.4) is 0 Å². The van der Waals surface area contributed by atoms with Gasteiger partial charge in [-0.15, -0.1) is 0 Å². The number of ether oxygens (including phenoxy) is 1. The molecule has 1 saturated heterocycles. The summed E-state index contributed by atoms with van der Waals surface area (Å²) in [6.45, 7) is 5.67. The Balaban J connectivity index is 2.03. The third-order valence-corrected chi connectivity index (χ3v) is 3.87. The summed E-state index contributed by atoms with van der Waals surface area (Å²) in [5.74, 6) is 0.721. The standard InChI is InChI=1S/C16H23N3O3/c1-4-18(5-2)16(21)17-12-9-15(20)19(11-12)13-7-6-8-14(10-13)22-3/h6-8,10,12H,4-5,9,11H2,1-3H3,(H,17,21)/t12-/m1/s1. The molecule has 1 aromatic rings. The maximum atomic E-state index is 12.2. The Labute approximate surface area is 131 Å². The van der Waals surface area contributed by atoms with Gasteiger partial charge in [-0.3, -0.25) is 4.79 Å². The van der Waals surface area contributed by atoms with E-state index < -0.39 is 0 Å². The minimum absolute atomic E-state index is 0.0121. The summed E-state index contributed by atoms with van der Waals surface area (Å²) in [6, 6.07) is 7.11. The van der Waals surface area contributed by atoms with Gasteiger partial charge in [-0.2, -0.15) is 0 Å². The number of rotatable bonds is 5. The number of nitrogens with zero attached hydrogens (tertiary/aromatic N) is 2. The van der Waals surface area contributed by atoms with E-state index in [2.05, 4.69) is 5.32 Å². The molecule has 0 aliphatic carbocycles. The molecule has 3 amide bonds. The molecule has 1 aromatic carbocycles. The second-order valence-electron chi connectivity index (χ2n) is 5.23. The zero-order valence-electron chi connectivity index (χ0n) is 13.3. The van der Waals surface area contributed by atoms with Crippen molar-refractivity contribution in [1.82, 2.24) is 10.2 Å². The molecule has 1 aliphatic heterocycles. The molecule has 1 atom stereocenters. The van der Waals surface area contributed by atoms with Gasteiger partial charge < -0.3 is 19.9 Å². The fourth-order valence-electron chi connectivity index (χ4n) is 2.61. The van der Waals surface area contributed by atoms with E-state index in [0.717, 1.165) is 5.69 Å². The molecule has 1 heterocycles. The first-order valence-corrected chi connectivity index (χ1v) is 7.58. The smallest absolute Gasteiger partial charge is 0.317 e. The Morgan fingerprint density at radius 3 is 2.77 bits per heavy atom. The first kappa shape index (κ1) is 16.1. The lowest BCUT2D eigenvalue weighted by Crippen LogP contribution is -2.45. The topological polar surface area (TPSA) is 61.9 Å². The van der Waals surface area contributed by atoms with Crippen LogP contribution in [0.5, 0.6) is 5.75 Å². The van der Waals surface area contributed by atoms with E-state index in [1.54, 1.807) is 16.9 Å². The van der Waals surface area contributed by atoms with E-state index >= 15 is 0 Å². The lowest BCUT2D eigenvalue weighted by atomic mass is 10.2. The molecule has 0 aromatic heterocycles. The van der Waals surface area contributed by atoms with Gasteiger partial charge in [0.25, 0.3) is 0 Å². The maximum absolute atomic E-state index is 12.2. The number of nitrogens with one attached hydrogen (secondary N) is 1. The fourth-order valence-corrected chi connectivity index (χ4v) is 2.61. The molecule has 2 rings (SSSR count). The summed E-state index contributed by atoms with van der Waals surface area (Å²) in [7, 11) is 1.60. The van der Waals surface area contributed by atoms with Crippen LogP contribution in [0, 0.1) is 0 Å². The minimum atomic E-state index is -0.160. The number of carbonyl (C=O) groups is 2. The number of carbonyl (C=O) groups excluding carboxylic acids is 2. The van der Waals surface area contributed by atoms with Crippen LogP contribution in [-0.4, -0.2) is 49.6 Å². The van der Waals surface area contributed by atoms with Crippen molar-refractivity contribution in [3.8, 4) is 5.75 Å². The van der Waals surface area contributed by atoms with Crippen LogP contribution in [0.25, 0.3) is 0 Å². The highest BCUT2D eigenvalue weighted by Crippen LogP contribution is 2.25. The van der Waals surface area contributed by atoms with Crippen molar-refractivity contribution in [3.05, 3.63) is 24.3 Å². The summed E-state index contributed by atoms with van der Waals surface area (Å²) in [5, 5.41) is 2.93. The van der Waals surface area contributed by atoms with Crippen molar-refractivity contribution in [1.29, 1.82) is 0 Å². The molecule has 1 aliphatic rings. The minimum Gasteiger partial charge on any atom is -0.497 e. The SMILES string of the molecule is CCN(CC)C(=O)N[C@@H]1CC(=O)N(c2cccc(OC)c2)C1. The normalized spacial score (nSPS) is 17.5. The van der Waals surface area contributed by atoms with Crippen molar-refractivity contribution in [2.75, 3.05) is 31.6 Å². The average molecular weight is 305 g/mol. The highest BCUT2D eigenvalue weighted by Gasteiger charge is 2.32. The van der Waals surface area contributed by atoms with Gasteiger partial charge in [-0.1, -0.05) is 6.07 Å². The Bertz CT molecular complexity index is 543. The predicted octanol–water partition coefficient (Wildman–Crippen LogP) is 1.85. The maximum Gasteiger partial charge on any atom is 0.317 e. The third-order valence-electron chi connectivity index (χ3n) is 3.87. The van der Waals surface area contributed by atoms with E-state index in [4.69, 9.17) is 4.74 Å². The van der Waals surface area contributed by atoms with Crippen molar-refractivity contribution in [2.24, 2.45) is 0 Å². The van der Waals surface area contributed by atoms with E-state index in [1.807, 2.05) is 38.1 Å². The fraction of sp³-hybridized carbons (Fsp3) is 0.500. The highest BCUT2D eigenvalue weighted by atomic mass is 16.5. The Hall–Kier alpha value is -2.24. The first-order valence-electron chi connectivity index (χ1n) is 7.58. The van der Waals surface area contributed by atoms with Crippen LogP contribution in [0.1, 0.15) is 20.3 Å². The number of urea groups is 1. The lowest BCUT2D eigenvalue weighted by Gasteiger charge is -2.22. The quantitative estimate of drug-likeness (QED) is 0.903. The van der Waals surface area contributed by atoms with E-state index in [1.165, 1.54) is 0 Å². The molecule has 1 fully saturated rings. The van der Waals surface area contributed by atoms with Crippen LogP contribution >= 0.6 is 0 Å². The predicted molar refractivity (Wildman–Crippen MR) is 85.2 cm³/mol. The van der Waals surface area contributed by atoms with Crippen LogP contribution in [0.2, 0.25) is 0 Å². The molecular weight excluding hydrogens is 282 g/mol. The number of hydrogen-bond donors (Lipinski definition) is 1. The number of benzene rings is 1. The van der Waals surface area contributed by atoms with Gasteiger partial charge in [0.2, 0.25) is 5.91 Å². The summed E-state index contributed by atoms with van der Waals surface area (Å²) in [4.78, 5) is 27.7. The molecule has 6 nitrogen and oxygen atoms in total. The second-order valence-corrected chi connectivity index (χ2v) is 5.23. The monoisotopic (exact) mass is 305 g/mol. The number of methoxy groups -OCH3 is 1. The van der Waals surface area contributed by atoms with E-state index in [0.29, 0.717) is 31.8 Å². The van der Waals surface area contributed by atoms with Crippen LogP contribution < -0.4 is 15.0 Å². The van der Waals surface area contributed by atoms with E-state index in [-0.39, 0.29) is 18.0 Å². The molecule has 0 radical (unpaired) electrons. The Kier molecular flexibility index (Phi) is 5.25. The van der Waals surface area contributed by atoms with Crippen molar-refractivity contribution < 1.29 is 14.3 Å². The average Bonchev–Trinajstić information content (AvgIpc) is 2.89. The molecular formula is C16H23N3O3. The van der Waals surface area contributed by atoms with Gasteiger partial charge >= 0.3 is 6.03 Å².